The number of benzene rings is 1. The van der Waals surface area contributed by atoms with Crippen LogP contribution in [-0.2, 0) is 17.8 Å². The highest BCUT2D eigenvalue weighted by Crippen LogP contribution is 2.30. The zero-order valence-corrected chi connectivity index (χ0v) is 11.7. The molecule has 0 aliphatic carbocycles. The molecule has 2 aromatic rings. The van der Waals surface area contributed by atoms with Gasteiger partial charge in [-0.25, -0.2) is 14.2 Å². The Morgan fingerprint density at radius 1 is 1.43 bits per heavy atom. The van der Waals surface area contributed by atoms with Crippen molar-refractivity contribution in [2.75, 3.05) is 4.90 Å². The average molecular weight is 306 g/mol. The first-order chi connectivity index (χ1) is 10.0. The van der Waals surface area contributed by atoms with Gasteiger partial charge < -0.3 is 10.0 Å². The number of rotatable bonds is 3. The van der Waals surface area contributed by atoms with Crippen LogP contribution in [0.25, 0.3) is 0 Å². The molecule has 7 heteroatoms. The number of amides is 1. The molecule has 2 heterocycles. The second kappa shape index (κ2) is 5.25. The summed E-state index contributed by atoms with van der Waals surface area (Å²) in [4.78, 5) is 28.4. The number of hydrogen-bond donors (Lipinski definition) is 1. The van der Waals surface area contributed by atoms with Crippen molar-refractivity contribution >= 4 is 28.9 Å². The molecule has 5 nitrogen and oxygen atoms in total. The van der Waals surface area contributed by atoms with Crippen LogP contribution in [0.5, 0.6) is 0 Å². The summed E-state index contributed by atoms with van der Waals surface area (Å²) in [6.45, 7) is 0.196. The largest absolute Gasteiger partial charge is 0.476 e. The molecular formula is C14H11FN2O3S. The lowest BCUT2D eigenvalue weighted by Gasteiger charge is -2.28. The van der Waals surface area contributed by atoms with E-state index in [0.717, 1.165) is 16.9 Å². The Morgan fingerprint density at radius 2 is 2.24 bits per heavy atom. The summed E-state index contributed by atoms with van der Waals surface area (Å²) in [6, 6.07) is 4.32. The van der Waals surface area contributed by atoms with Crippen LogP contribution in [0.4, 0.5) is 10.1 Å². The van der Waals surface area contributed by atoms with Gasteiger partial charge in [0.25, 0.3) is 0 Å². The molecule has 108 valence electrons. The summed E-state index contributed by atoms with van der Waals surface area (Å²) in [5.41, 5.74) is 1.96. The molecule has 1 N–H and O–H groups in total. The van der Waals surface area contributed by atoms with Gasteiger partial charge in [-0.05, 0) is 30.2 Å². The Kier molecular flexibility index (Phi) is 3.42. The fourth-order valence-corrected chi connectivity index (χ4v) is 2.99. The zero-order chi connectivity index (χ0) is 15.0. The maximum absolute atomic E-state index is 13.3. The molecule has 3 rings (SSSR count). The fraction of sp³-hybridized carbons (Fsp3) is 0.214. The van der Waals surface area contributed by atoms with Crippen molar-refractivity contribution in [1.29, 1.82) is 0 Å². The molecular weight excluding hydrogens is 295 g/mol. The lowest BCUT2D eigenvalue weighted by atomic mass is 10.0. The number of halogens is 1. The second-order valence-electron chi connectivity index (χ2n) is 4.70. The van der Waals surface area contributed by atoms with Gasteiger partial charge in [-0.2, -0.15) is 0 Å². The first-order valence-electron chi connectivity index (χ1n) is 6.31. The molecule has 0 saturated carbocycles. The van der Waals surface area contributed by atoms with E-state index in [1.54, 1.807) is 11.4 Å². The van der Waals surface area contributed by atoms with E-state index in [0.29, 0.717) is 24.2 Å². The highest BCUT2D eigenvalue weighted by molar-refractivity contribution is 7.11. The molecule has 1 aromatic carbocycles. The minimum atomic E-state index is -1.08. The van der Waals surface area contributed by atoms with Crippen LogP contribution in [0.1, 0.15) is 27.5 Å². The molecule has 0 saturated heterocycles. The maximum atomic E-state index is 13.3. The van der Waals surface area contributed by atoms with Crippen LogP contribution in [0, 0.1) is 5.82 Å². The van der Waals surface area contributed by atoms with Crippen LogP contribution in [0.3, 0.4) is 0 Å². The number of carboxylic acids is 1. The van der Waals surface area contributed by atoms with Crippen LogP contribution in [0.15, 0.2) is 23.6 Å². The number of hydrogen-bond acceptors (Lipinski definition) is 4. The van der Waals surface area contributed by atoms with Crippen LogP contribution < -0.4 is 4.90 Å². The zero-order valence-electron chi connectivity index (χ0n) is 10.9. The third-order valence-electron chi connectivity index (χ3n) is 3.30. The number of carbonyl (C=O) groups is 2. The summed E-state index contributed by atoms with van der Waals surface area (Å²) in [7, 11) is 0. The van der Waals surface area contributed by atoms with Crippen molar-refractivity contribution in [1.82, 2.24) is 4.98 Å². The van der Waals surface area contributed by atoms with Gasteiger partial charge in [0.05, 0.1) is 12.2 Å². The quantitative estimate of drug-likeness (QED) is 0.945. The number of fused-ring (bicyclic) bond motifs is 1. The Morgan fingerprint density at radius 3 is 2.95 bits per heavy atom. The Balaban J connectivity index is 1.90. The number of anilines is 1. The lowest BCUT2D eigenvalue weighted by molar-refractivity contribution is -0.119. The van der Waals surface area contributed by atoms with Crippen molar-refractivity contribution in [2.24, 2.45) is 0 Å². The van der Waals surface area contributed by atoms with Gasteiger partial charge in [0.15, 0.2) is 0 Å². The minimum absolute atomic E-state index is 0.00575. The molecule has 21 heavy (non-hydrogen) atoms. The molecule has 0 unspecified atom stereocenters. The molecule has 0 bridgehead atoms. The van der Waals surface area contributed by atoms with Crippen LogP contribution in [0.2, 0.25) is 0 Å². The third-order valence-corrected chi connectivity index (χ3v) is 4.18. The molecule has 1 amide bonds. The van der Waals surface area contributed by atoms with E-state index in [-0.39, 0.29) is 23.3 Å². The lowest BCUT2D eigenvalue weighted by Crippen LogP contribution is -2.34. The van der Waals surface area contributed by atoms with Crippen molar-refractivity contribution in [3.05, 3.63) is 45.7 Å². The Hall–Kier alpha value is -2.28. The summed E-state index contributed by atoms with van der Waals surface area (Å²) < 4.78 is 13.3. The second-order valence-corrected chi connectivity index (χ2v) is 5.56. The third kappa shape index (κ3) is 2.64. The van der Waals surface area contributed by atoms with Crippen molar-refractivity contribution in [3.8, 4) is 0 Å². The molecule has 1 aliphatic heterocycles. The van der Waals surface area contributed by atoms with Gasteiger partial charge in [-0.15, -0.1) is 11.3 Å². The van der Waals surface area contributed by atoms with Crippen molar-refractivity contribution < 1.29 is 19.1 Å². The number of aryl methyl sites for hydroxylation is 1. The van der Waals surface area contributed by atoms with Crippen molar-refractivity contribution in [2.45, 2.75) is 19.4 Å². The highest BCUT2D eigenvalue weighted by Gasteiger charge is 2.25. The number of nitrogens with zero attached hydrogens (tertiary/aromatic N) is 2. The first kappa shape index (κ1) is 13.7. The minimum Gasteiger partial charge on any atom is -0.476 e. The van der Waals surface area contributed by atoms with E-state index in [4.69, 9.17) is 5.11 Å². The van der Waals surface area contributed by atoms with E-state index in [9.17, 15) is 14.0 Å². The summed E-state index contributed by atoms with van der Waals surface area (Å²) in [5.74, 6) is -1.48. The van der Waals surface area contributed by atoms with E-state index >= 15 is 0 Å². The van der Waals surface area contributed by atoms with Gasteiger partial charge >= 0.3 is 5.97 Å². The van der Waals surface area contributed by atoms with Crippen molar-refractivity contribution in [3.63, 3.8) is 0 Å². The number of aromatic nitrogens is 1. The predicted octanol–water partition coefficient (Wildman–Crippen LogP) is 2.46. The normalized spacial score (nSPS) is 14.1. The van der Waals surface area contributed by atoms with E-state index in [1.807, 2.05) is 0 Å². The SMILES string of the molecule is O=C(O)c1nc(CN2C(=O)CCc3cc(F)ccc32)cs1. The topological polar surface area (TPSA) is 70.5 Å². The summed E-state index contributed by atoms with van der Waals surface area (Å²) in [6.07, 6.45) is 0.826. The smallest absolute Gasteiger partial charge is 0.365 e. The standard InChI is InChI=1S/C14H11FN2O3S/c15-9-2-3-11-8(5-9)1-4-12(18)17(11)6-10-7-21-13(16-10)14(19)20/h2-3,5,7H,1,4,6H2,(H,19,20). The molecule has 0 fully saturated rings. The van der Waals surface area contributed by atoms with E-state index in [1.165, 1.54) is 17.0 Å². The van der Waals surface area contributed by atoms with Gasteiger partial charge in [-0.3, -0.25) is 4.79 Å². The molecule has 1 aliphatic rings. The van der Waals surface area contributed by atoms with Crippen LogP contribution in [-0.4, -0.2) is 22.0 Å². The van der Waals surface area contributed by atoms with E-state index < -0.39 is 5.97 Å². The molecule has 1 aromatic heterocycles. The highest BCUT2D eigenvalue weighted by atomic mass is 32.1. The maximum Gasteiger partial charge on any atom is 0.365 e. The van der Waals surface area contributed by atoms with Gasteiger partial charge in [0, 0.05) is 17.5 Å². The number of carbonyl (C=O) groups excluding carboxylic acids is 1. The monoisotopic (exact) mass is 306 g/mol. The van der Waals surface area contributed by atoms with Gasteiger partial charge in [0.2, 0.25) is 10.9 Å². The molecule has 0 spiro atoms. The predicted molar refractivity (Wildman–Crippen MR) is 75.0 cm³/mol. The molecule has 0 radical (unpaired) electrons. The van der Waals surface area contributed by atoms with Gasteiger partial charge in [-0.1, -0.05) is 0 Å². The average Bonchev–Trinajstić information content (AvgIpc) is 2.91. The van der Waals surface area contributed by atoms with Crippen LogP contribution >= 0.6 is 11.3 Å². The summed E-state index contributed by atoms with van der Waals surface area (Å²) >= 11 is 1.02. The first-order valence-corrected chi connectivity index (χ1v) is 7.19. The van der Waals surface area contributed by atoms with Gasteiger partial charge in [0.1, 0.15) is 5.82 Å². The Bertz CT molecular complexity index is 729. The summed E-state index contributed by atoms with van der Waals surface area (Å²) in [5, 5.41) is 10.5. The number of carboxylic acid groups (broad SMARTS) is 1. The van der Waals surface area contributed by atoms with E-state index in [2.05, 4.69) is 4.98 Å². The number of aromatic carboxylic acids is 1. The fourth-order valence-electron chi connectivity index (χ4n) is 2.34. The molecule has 0 atom stereocenters. The Labute approximate surface area is 123 Å². The number of thiazole rings is 1.